The summed E-state index contributed by atoms with van der Waals surface area (Å²) in [5.74, 6) is 0.977. The van der Waals surface area contributed by atoms with Crippen molar-refractivity contribution < 1.29 is 5.11 Å². The molecule has 1 aliphatic carbocycles. The Hall–Kier alpha value is -1.67. The third kappa shape index (κ3) is 2.42. The smallest absolute Gasteiger partial charge is 0.223 e. The van der Waals surface area contributed by atoms with E-state index in [1.165, 1.54) is 0 Å². The number of aliphatic hydroxyl groups is 1. The van der Waals surface area contributed by atoms with Gasteiger partial charge in [-0.3, -0.25) is 0 Å². The van der Waals surface area contributed by atoms with Crippen molar-refractivity contribution >= 4 is 5.95 Å². The molecule has 0 aliphatic heterocycles. The van der Waals surface area contributed by atoms with E-state index in [4.69, 9.17) is 10.4 Å². The van der Waals surface area contributed by atoms with Gasteiger partial charge in [0.05, 0.1) is 6.10 Å². The molecule has 1 aromatic rings. The first-order chi connectivity index (χ1) is 7.28. The van der Waals surface area contributed by atoms with Crippen molar-refractivity contribution in [2.24, 2.45) is 5.92 Å². The molecule has 78 valence electrons. The number of hydrogen-bond donors (Lipinski definition) is 2. The van der Waals surface area contributed by atoms with Gasteiger partial charge in [0.15, 0.2) is 0 Å². The number of nitriles is 1. The van der Waals surface area contributed by atoms with E-state index in [9.17, 15) is 0 Å². The maximum atomic E-state index is 9.10. The lowest BCUT2D eigenvalue weighted by Crippen LogP contribution is -2.33. The van der Waals surface area contributed by atoms with Crippen LogP contribution >= 0.6 is 0 Å². The highest BCUT2D eigenvalue weighted by atomic mass is 16.3. The second kappa shape index (κ2) is 4.24. The summed E-state index contributed by atoms with van der Waals surface area (Å²) in [5.41, 5.74) is 0.362. The lowest BCUT2D eigenvalue weighted by Gasteiger charge is -2.31. The van der Waals surface area contributed by atoms with Crippen molar-refractivity contribution in [3.05, 3.63) is 18.0 Å². The van der Waals surface area contributed by atoms with Gasteiger partial charge in [0.2, 0.25) is 5.95 Å². The summed E-state index contributed by atoms with van der Waals surface area (Å²) in [6.07, 6.45) is 3.10. The van der Waals surface area contributed by atoms with Gasteiger partial charge in [-0.15, -0.1) is 0 Å². The second-order valence-electron chi connectivity index (χ2n) is 3.75. The third-order valence-electron chi connectivity index (χ3n) is 2.53. The van der Waals surface area contributed by atoms with Crippen LogP contribution in [0.2, 0.25) is 0 Å². The number of aromatic nitrogens is 2. The lowest BCUT2D eigenvalue weighted by molar-refractivity contribution is 0.0486. The largest absolute Gasteiger partial charge is 0.393 e. The molecule has 0 radical (unpaired) electrons. The standard InChI is InChI=1S/C10H12N4O/c11-5-8-1-2-12-10(14-8)13-6-7-3-9(15)4-7/h1-2,7,9,15H,3-4,6H2,(H,12,13,14). The van der Waals surface area contributed by atoms with Crippen LogP contribution in [-0.2, 0) is 0 Å². The average Bonchev–Trinajstić information content (AvgIpc) is 2.23. The number of nitrogens with zero attached hydrogens (tertiary/aromatic N) is 3. The fourth-order valence-electron chi connectivity index (χ4n) is 1.61. The first kappa shape index (κ1) is 9.87. The molecule has 1 aromatic heterocycles. The topological polar surface area (TPSA) is 81.8 Å². The van der Waals surface area contributed by atoms with Gasteiger partial charge in [0.1, 0.15) is 11.8 Å². The minimum Gasteiger partial charge on any atom is -0.393 e. The van der Waals surface area contributed by atoms with E-state index in [0.29, 0.717) is 17.6 Å². The first-order valence-electron chi connectivity index (χ1n) is 4.93. The highest BCUT2D eigenvalue weighted by molar-refractivity contribution is 5.30. The highest BCUT2D eigenvalue weighted by Crippen LogP contribution is 2.26. The summed E-state index contributed by atoms with van der Waals surface area (Å²) in [5, 5.41) is 20.8. The van der Waals surface area contributed by atoms with Crippen molar-refractivity contribution in [1.82, 2.24) is 9.97 Å². The molecular formula is C10H12N4O. The summed E-state index contributed by atoms with van der Waals surface area (Å²) < 4.78 is 0. The fourth-order valence-corrected chi connectivity index (χ4v) is 1.61. The second-order valence-corrected chi connectivity index (χ2v) is 3.75. The van der Waals surface area contributed by atoms with Crippen LogP contribution in [-0.4, -0.2) is 27.7 Å². The van der Waals surface area contributed by atoms with E-state index < -0.39 is 0 Å². The molecule has 1 fully saturated rings. The molecular weight excluding hydrogens is 192 g/mol. The minimum absolute atomic E-state index is 0.136. The van der Waals surface area contributed by atoms with E-state index in [1.54, 1.807) is 12.3 Å². The Morgan fingerprint density at radius 3 is 3.07 bits per heavy atom. The Labute approximate surface area is 87.8 Å². The molecule has 0 unspecified atom stereocenters. The monoisotopic (exact) mass is 204 g/mol. The molecule has 1 heterocycles. The van der Waals surface area contributed by atoms with E-state index in [0.717, 1.165) is 19.4 Å². The maximum Gasteiger partial charge on any atom is 0.223 e. The Morgan fingerprint density at radius 2 is 2.40 bits per heavy atom. The zero-order valence-electron chi connectivity index (χ0n) is 8.22. The number of anilines is 1. The van der Waals surface area contributed by atoms with E-state index in [1.807, 2.05) is 6.07 Å². The molecule has 0 bridgehead atoms. The van der Waals surface area contributed by atoms with Crippen molar-refractivity contribution in [3.8, 4) is 6.07 Å². The van der Waals surface area contributed by atoms with Crippen LogP contribution in [0, 0.1) is 17.2 Å². The van der Waals surface area contributed by atoms with Crippen molar-refractivity contribution in [3.63, 3.8) is 0 Å². The molecule has 0 saturated heterocycles. The number of aliphatic hydroxyl groups excluding tert-OH is 1. The average molecular weight is 204 g/mol. The van der Waals surface area contributed by atoms with Crippen LogP contribution in [0.5, 0.6) is 0 Å². The first-order valence-corrected chi connectivity index (χ1v) is 4.93. The van der Waals surface area contributed by atoms with Gasteiger partial charge in [-0.1, -0.05) is 0 Å². The Morgan fingerprint density at radius 1 is 1.60 bits per heavy atom. The zero-order valence-corrected chi connectivity index (χ0v) is 8.22. The van der Waals surface area contributed by atoms with Gasteiger partial charge in [0.25, 0.3) is 0 Å². The van der Waals surface area contributed by atoms with Gasteiger partial charge < -0.3 is 10.4 Å². The molecule has 5 nitrogen and oxygen atoms in total. The quantitative estimate of drug-likeness (QED) is 0.750. The van der Waals surface area contributed by atoms with Crippen molar-refractivity contribution in [2.45, 2.75) is 18.9 Å². The van der Waals surface area contributed by atoms with Gasteiger partial charge in [-0.2, -0.15) is 5.26 Å². The minimum atomic E-state index is -0.136. The number of nitrogens with one attached hydrogen (secondary N) is 1. The molecule has 0 atom stereocenters. The van der Waals surface area contributed by atoms with E-state index >= 15 is 0 Å². The summed E-state index contributed by atoms with van der Waals surface area (Å²) in [4.78, 5) is 8.00. The molecule has 2 N–H and O–H groups in total. The molecule has 0 aromatic carbocycles. The van der Waals surface area contributed by atoms with E-state index in [2.05, 4.69) is 15.3 Å². The fraction of sp³-hybridized carbons (Fsp3) is 0.500. The van der Waals surface area contributed by atoms with Gasteiger partial charge in [-0.05, 0) is 24.8 Å². The number of hydrogen-bond acceptors (Lipinski definition) is 5. The molecule has 0 amide bonds. The van der Waals surface area contributed by atoms with Gasteiger partial charge in [-0.25, -0.2) is 9.97 Å². The molecule has 15 heavy (non-hydrogen) atoms. The van der Waals surface area contributed by atoms with Crippen LogP contribution in [0.25, 0.3) is 0 Å². The van der Waals surface area contributed by atoms with Crippen LogP contribution in [0.15, 0.2) is 12.3 Å². The molecule has 1 aliphatic rings. The van der Waals surface area contributed by atoms with Crippen LogP contribution in [0.4, 0.5) is 5.95 Å². The molecule has 2 rings (SSSR count). The van der Waals surface area contributed by atoms with Crippen LogP contribution < -0.4 is 5.32 Å². The van der Waals surface area contributed by atoms with Gasteiger partial charge >= 0.3 is 0 Å². The third-order valence-corrected chi connectivity index (χ3v) is 2.53. The molecule has 1 saturated carbocycles. The van der Waals surface area contributed by atoms with Crippen LogP contribution in [0.1, 0.15) is 18.5 Å². The SMILES string of the molecule is N#Cc1ccnc(NCC2CC(O)C2)n1. The summed E-state index contributed by atoms with van der Waals surface area (Å²) in [6, 6.07) is 3.53. The Kier molecular flexibility index (Phi) is 2.79. The van der Waals surface area contributed by atoms with Gasteiger partial charge in [0, 0.05) is 12.7 Å². The lowest BCUT2D eigenvalue weighted by atomic mass is 9.82. The van der Waals surface area contributed by atoms with E-state index in [-0.39, 0.29) is 6.10 Å². The normalized spacial score (nSPS) is 24.0. The maximum absolute atomic E-state index is 9.10. The highest BCUT2D eigenvalue weighted by Gasteiger charge is 2.26. The Bertz CT molecular complexity index is 381. The molecule has 5 heteroatoms. The van der Waals surface area contributed by atoms with Crippen molar-refractivity contribution in [2.75, 3.05) is 11.9 Å². The summed E-state index contributed by atoms with van der Waals surface area (Å²) in [7, 11) is 0. The zero-order chi connectivity index (χ0) is 10.7. The van der Waals surface area contributed by atoms with Crippen LogP contribution in [0.3, 0.4) is 0 Å². The molecule has 0 spiro atoms. The Balaban J connectivity index is 1.86. The predicted octanol–water partition coefficient (Wildman–Crippen LogP) is 0.531. The number of rotatable bonds is 3. The summed E-state index contributed by atoms with van der Waals surface area (Å²) in [6.45, 7) is 0.756. The van der Waals surface area contributed by atoms with Crippen molar-refractivity contribution in [1.29, 1.82) is 5.26 Å². The predicted molar refractivity (Wildman–Crippen MR) is 54.0 cm³/mol. The summed E-state index contributed by atoms with van der Waals surface area (Å²) >= 11 is 0.